The Labute approximate surface area is 148 Å². The molecule has 0 amide bonds. The van der Waals surface area contributed by atoms with E-state index in [0.717, 1.165) is 35.6 Å². The molecule has 0 aromatic heterocycles. The van der Waals surface area contributed by atoms with Gasteiger partial charge in [0, 0.05) is 25.5 Å². The highest BCUT2D eigenvalue weighted by Gasteiger charge is 2.17. The maximum absolute atomic E-state index is 7.45. The molecule has 0 unspecified atom stereocenters. The van der Waals surface area contributed by atoms with Gasteiger partial charge in [0.25, 0.3) is 0 Å². The van der Waals surface area contributed by atoms with E-state index in [1.807, 2.05) is 32.2 Å². The summed E-state index contributed by atoms with van der Waals surface area (Å²) in [6.45, 7) is 5.85. The maximum atomic E-state index is 7.45. The van der Waals surface area contributed by atoms with Crippen molar-refractivity contribution in [3.63, 3.8) is 0 Å². The molecule has 3 rings (SSSR count). The molecule has 0 saturated heterocycles. The quantitative estimate of drug-likeness (QED) is 0.391. The Morgan fingerprint density at radius 1 is 1.32 bits per heavy atom. The molecule has 3 aliphatic rings. The van der Waals surface area contributed by atoms with Gasteiger partial charge in [0.15, 0.2) is 0 Å². The Morgan fingerprint density at radius 3 is 2.84 bits per heavy atom. The molecular weight excluding hydrogens is 312 g/mol. The Morgan fingerprint density at radius 2 is 2.16 bits per heavy atom. The van der Waals surface area contributed by atoms with Gasteiger partial charge in [-0.15, -0.1) is 0 Å². The summed E-state index contributed by atoms with van der Waals surface area (Å²) in [5.41, 5.74) is 11.3. The predicted octanol–water partition coefficient (Wildman–Crippen LogP) is 1.80. The van der Waals surface area contributed by atoms with E-state index in [4.69, 9.17) is 11.1 Å². The second kappa shape index (κ2) is 7.36. The average Bonchev–Trinajstić information content (AvgIpc) is 3.13. The number of aliphatic imine (C=N–C) groups is 1. The van der Waals surface area contributed by atoms with Gasteiger partial charge in [0.2, 0.25) is 0 Å². The molecule has 25 heavy (non-hydrogen) atoms. The highest BCUT2D eigenvalue weighted by molar-refractivity contribution is 5.97. The summed E-state index contributed by atoms with van der Waals surface area (Å²) < 4.78 is 0. The first-order valence-corrected chi connectivity index (χ1v) is 8.41. The van der Waals surface area contributed by atoms with Gasteiger partial charge < -0.3 is 27.1 Å². The van der Waals surface area contributed by atoms with E-state index >= 15 is 0 Å². The first-order valence-electron chi connectivity index (χ1n) is 8.41. The number of fused-ring (bicyclic) bond motifs is 1. The molecule has 0 aromatic carbocycles. The van der Waals surface area contributed by atoms with Crippen LogP contribution in [-0.4, -0.2) is 25.1 Å². The zero-order valence-corrected chi connectivity index (χ0v) is 14.6. The van der Waals surface area contributed by atoms with Crippen molar-refractivity contribution in [2.75, 3.05) is 13.1 Å². The van der Waals surface area contributed by atoms with Gasteiger partial charge >= 0.3 is 0 Å². The van der Waals surface area contributed by atoms with Gasteiger partial charge in [-0.3, -0.25) is 0 Å². The lowest BCUT2D eigenvalue weighted by Gasteiger charge is -2.23. The van der Waals surface area contributed by atoms with Crippen molar-refractivity contribution in [3.05, 3.63) is 70.5 Å². The number of rotatable bonds is 5. The third kappa shape index (κ3) is 3.97. The number of nitrogens with two attached hydrogens (primary N) is 1. The summed E-state index contributed by atoms with van der Waals surface area (Å²) in [4.78, 5) is 4.42. The van der Waals surface area contributed by atoms with E-state index in [1.54, 1.807) is 6.08 Å². The largest absolute Gasteiger partial charge is 0.384 e. The molecule has 0 saturated carbocycles. The van der Waals surface area contributed by atoms with E-state index < -0.39 is 0 Å². The summed E-state index contributed by atoms with van der Waals surface area (Å²) in [6, 6.07) is 0. The number of hydrogen-bond acceptors (Lipinski definition) is 5. The molecule has 3 aliphatic heterocycles. The van der Waals surface area contributed by atoms with E-state index in [2.05, 4.69) is 33.1 Å². The number of nitrogens with one attached hydrogen (secondary N) is 4. The number of allylic oxidation sites excluding steroid dienone is 4. The van der Waals surface area contributed by atoms with Gasteiger partial charge in [-0.05, 0) is 46.9 Å². The zero-order chi connectivity index (χ0) is 17.8. The smallest absolute Gasteiger partial charge is 0.132 e. The molecule has 6 N–H and O–H groups in total. The monoisotopic (exact) mass is 336 g/mol. The number of nitrogens with zero attached hydrogens (tertiary/aromatic N) is 1. The highest BCUT2D eigenvalue weighted by Crippen LogP contribution is 2.23. The van der Waals surface area contributed by atoms with Crippen molar-refractivity contribution < 1.29 is 0 Å². The lowest BCUT2D eigenvalue weighted by Crippen LogP contribution is -2.27. The van der Waals surface area contributed by atoms with Crippen molar-refractivity contribution in [1.29, 1.82) is 5.41 Å². The molecular formula is C19H24N6. The van der Waals surface area contributed by atoms with Crippen LogP contribution in [0.1, 0.15) is 13.8 Å². The molecule has 6 nitrogen and oxygen atoms in total. The van der Waals surface area contributed by atoms with Gasteiger partial charge in [0.1, 0.15) is 11.7 Å². The fourth-order valence-corrected chi connectivity index (χ4v) is 2.75. The SMILES string of the molecule is CC(C)C(C=N)=CC(N)=NC1=CC=C2NC=C(C3=CCNC3)C=C2N1. The minimum atomic E-state index is 0.234. The Balaban J connectivity index is 1.78. The summed E-state index contributed by atoms with van der Waals surface area (Å²) in [5.74, 6) is 1.29. The van der Waals surface area contributed by atoms with Crippen LogP contribution in [0.5, 0.6) is 0 Å². The molecule has 0 fully saturated rings. The highest BCUT2D eigenvalue weighted by atomic mass is 15.1. The van der Waals surface area contributed by atoms with E-state index in [9.17, 15) is 0 Å². The first-order chi connectivity index (χ1) is 12.1. The molecule has 0 bridgehead atoms. The Bertz CT molecular complexity index is 787. The number of dihydropyridines is 2. The van der Waals surface area contributed by atoms with Crippen molar-refractivity contribution in [3.8, 4) is 0 Å². The van der Waals surface area contributed by atoms with E-state index in [-0.39, 0.29) is 5.92 Å². The van der Waals surface area contributed by atoms with Crippen LogP contribution >= 0.6 is 0 Å². The molecule has 3 heterocycles. The van der Waals surface area contributed by atoms with Crippen LogP contribution in [-0.2, 0) is 0 Å². The molecule has 6 heteroatoms. The molecule has 0 atom stereocenters. The predicted molar refractivity (Wildman–Crippen MR) is 103 cm³/mol. The summed E-state index contributed by atoms with van der Waals surface area (Å²) in [6.07, 6.45) is 13.3. The average molecular weight is 336 g/mol. The van der Waals surface area contributed by atoms with Crippen LogP contribution in [0.3, 0.4) is 0 Å². The van der Waals surface area contributed by atoms with Crippen LogP contribution in [0.25, 0.3) is 0 Å². The van der Waals surface area contributed by atoms with Crippen molar-refractivity contribution in [1.82, 2.24) is 16.0 Å². The Kier molecular flexibility index (Phi) is 5.00. The first kappa shape index (κ1) is 17.0. The molecule has 0 radical (unpaired) electrons. The summed E-state index contributed by atoms with van der Waals surface area (Å²) in [7, 11) is 0. The van der Waals surface area contributed by atoms with Gasteiger partial charge in [0.05, 0.1) is 11.4 Å². The summed E-state index contributed by atoms with van der Waals surface area (Å²) in [5, 5.41) is 17.4. The number of amidine groups is 1. The normalized spacial score (nSPS) is 20.5. The minimum Gasteiger partial charge on any atom is -0.384 e. The third-order valence-electron chi connectivity index (χ3n) is 4.22. The van der Waals surface area contributed by atoms with Crippen molar-refractivity contribution in [2.24, 2.45) is 16.6 Å². The van der Waals surface area contributed by atoms with Crippen LogP contribution in [0, 0.1) is 11.3 Å². The van der Waals surface area contributed by atoms with E-state index in [1.165, 1.54) is 11.8 Å². The molecule has 0 aromatic rings. The lowest BCUT2D eigenvalue weighted by molar-refractivity contribution is 0.806. The number of hydrogen-bond donors (Lipinski definition) is 5. The topological polar surface area (TPSA) is 98.3 Å². The van der Waals surface area contributed by atoms with Crippen LogP contribution in [0.15, 0.2) is 75.5 Å². The van der Waals surface area contributed by atoms with Gasteiger partial charge in [-0.1, -0.05) is 19.9 Å². The maximum Gasteiger partial charge on any atom is 0.132 e. The van der Waals surface area contributed by atoms with Crippen LogP contribution < -0.4 is 21.7 Å². The fourth-order valence-electron chi connectivity index (χ4n) is 2.75. The van der Waals surface area contributed by atoms with Gasteiger partial charge in [-0.2, -0.15) is 0 Å². The van der Waals surface area contributed by atoms with Crippen LogP contribution in [0.4, 0.5) is 0 Å². The third-order valence-corrected chi connectivity index (χ3v) is 4.22. The van der Waals surface area contributed by atoms with Crippen LogP contribution in [0.2, 0.25) is 0 Å². The van der Waals surface area contributed by atoms with E-state index in [0.29, 0.717) is 11.7 Å². The zero-order valence-electron chi connectivity index (χ0n) is 14.6. The lowest BCUT2D eigenvalue weighted by atomic mass is 10.0. The van der Waals surface area contributed by atoms with Crippen molar-refractivity contribution >= 4 is 12.1 Å². The fraction of sp³-hybridized carbons (Fsp3) is 0.263. The molecule has 130 valence electrons. The second-order valence-corrected chi connectivity index (χ2v) is 6.40. The molecule has 0 spiro atoms. The standard InChI is InChI=1S/C19H24N6/c1-12(2)14(9-20)8-18(21)25-19-4-3-16-17(24-19)7-15(11-23-16)13-5-6-22-10-13/h3-5,7-9,11-12,20,22-24H,6,10H2,1-2H3,(H2,21,25). The second-order valence-electron chi connectivity index (χ2n) is 6.40. The summed E-state index contributed by atoms with van der Waals surface area (Å²) >= 11 is 0. The van der Waals surface area contributed by atoms with Gasteiger partial charge in [-0.25, -0.2) is 4.99 Å². The Hall–Kier alpha value is -2.86. The van der Waals surface area contributed by atoms with Crippen molar-refractivity contribution in [2.45, 2.75) is 13.8 Å². The minimum absolute atomic E-state index is 0.234. The molecule has 0 aliphatic carbocycles.